The van der Waals surface area contributed by atoms with Gasteiger partial charge in [0, 0.05) is 29.8 Å². The van der Waals surface area contributed by atoms with Gasteiger partial charge in [-0.2, -0.15) is 0 Å². The molecule has 4 rings (SSSR count). The van der Waals surface area contributed by atoms with Crippen LogP contribution >= 0.6 is 0 Å². The fourth-order valence-corrected chi connectivity index (χ4v) is 3.12. The molecule has 0 radical (unpaired) electrons. The van der Waals surface area contributed by atoms with E-state index in [9.17, 15) is 4.39 Å². The van der Waals surface area contributed by atoms with Crippen LogP contribution < -0.4 is 0 Å². The van der Waals surface area contributed by atoms with E-state index in [1.807, 2.05) is 43.6 Å². The summed E-state index contributed by atoms with van der Waals surface area (Å²) in [7, 11) is 0. The highest BCUT2D eigenvalue weighted by molar-refractivity contribution is 5.78. The van der Waals surface area contributed by atoms with Crippen molar-refractivity contribution in [2.75, 3.05) is 0 Å². The third-order valence-electron chi connectivity index (χ3n) is 4.29. The number of hydrogen-bond acceptors (Lipinski definition) is 2. The first-order valence-electron chi connectivity index (χ1n) is 8.24. The molecule has 0 N–H and O–H groups in total. The standard InChI is InChI=1S/C22H17FN2/c1-15-9-16(14-25-22(15)19-6-4-7-20(23)12-19)10-17-11-18-5-2-3-8-21(18)24-13-17/h2-9,11-14H,10H2,1H3. The van der Waals surface area contributed by atoms with Gasteiger partial charge in [-0.05, 0) is 47.9 Å². The van der Waals surface area contributed by atoms with E-state index >= 15 is 0 Å². The lowest BCUT2D eigenvalue weighted by Crippen LogP contribution is -1.95. The second-order valence-corrected chi connectivity index (χ2v) is 6.23. The molecule has 0 aliphatic carbocycles. The fourth-order valence-electron chi connectivity index (χ4n) is 3.12. The number of fused-ring (bicyclic) bond motifs is 1. The van der Waals surface area contributed by atoms with Crippen molar-refractivity contribution in [3.8, 4) is 11.3 Å². The van der Waals surface area contributed by atoms with E-state index < -0.39 is 0 Å². The lowest BCUT2D eigenvalue weighted by Gasteiger charge is -2.09. The highest BCUT2D eigenvalue weighted by Crippen LogP contribution is 2.23. The largest absolute Gasteiger partial charge is 0.256 e. The van der Waals surface area contributed by atoms with Gasteiger partial charge in [0.15, 0.2) is 0 Å². The molecule has 0 aliphatic heterocycles. The van der Waals surface area contributed by atoms with Gasteiger partial charge in [-0.25, -0.2) is 4.39 Å². The molecule has 0 bridgehead atoms. The number of pyridine rings is 2. The van der Waals surface area contributed by atoms with Crippen molar-refractivity contribution < 1.29 is 4.39 Å². The van der Waals surface area contributed by atoms with Crippen LogP contribution in [-0.4, -0.2) is 9.97 Å². The highest BCUT2D eigenvalue weighted by atomic mass is 19.1. The Kier molecular flexibility index (Phi) is 3.98. The zero-order chi connectivity index (χ0) is 17.2. The van der Waals surface area contributed by atoms with Gasteiger partial charge < -0.3 is 0 Å². The van der Waals surface area contributed by atoms with Gasteiger partial charge in [0.05, 0.1) is 11.2 Å². The summed E-state index contributed by atoms with van der Waals surface area (Å²) in [5.41, 5.74) is 5.93. The summed E-state index contributed by atoms with van der Waals surface area (Å²) in [5.74, 6) is -0.245. The maximum atomic E-state index is 13.4. The van der Waals surface area contributed by atoms with Crippen molar-refractivity contribution in [3.05, 3.63) is 95.6 Å². The zero-order valence-corrected chi connectivity index (χ0v) is 13.9. The van der Waals surface area contributed by atoms with Crippen LogP contribution in [0.5, 0.6) is 0 Å². The Bertz CT molecular complexity index is 1060. The number of nitrogens with zero attached hydrogens (tertiary/aromatic N) is 2. The van der Waals surface area contributed by atoms with Gasteiger partial charge >= 0.3 is 0 Å². The van der Waals surface area contributed by atoms with Crippen LogP contribution in [0.25, 0.3) is 22.2 Å². The first-order chi connectivity index (χ1) is 12.2. The van der Waals surface area contributed by atoms with Crippen molar-refractivity contribution in [2.45, 2.75) is 13.3 Å². The molecule has 2 aromatic heterocycles. The number of para-hydroxylation sites is 1. The average Bonchev–Trinajstić information content (AvgIpc) is 2.62. The minimum absolute atomic E-state index is 0.245. The maximum Gasteiger partial charge on any atom is 0.123 e. The van der Waals surface area contributed by atoms with Crippen molar-refractivity contribution in [1.82, 2.24) is 9.97 Å². The minimum atomic E-state index is -0.245. The van der Waals surface area contributed by atoms with Gasteiger partial charge in [-0.1, -0.05) is 36.4 Å². The van der Waals surface area contributed by atoms with Crippen LogP contribution in [0.4, 0.5) is 4.39 Å². The average molecular weight is 328 g/mol. The molecular formula is C22H17FN2. The minimum Gasteiger partial charge on any atom is -0.256 e. The number of aromatic nitrogens is 2. The van der Waals surface area contributed by atoms with E-state index in [0.29, 0.717) is 0 Å². The van der Waals surface area contributed by atoms with Crippen molar-refractivity contribution in [3.63, 3.8) is 0 Å². The maximum absolute atomic E-state index is 13.4. The summed E-state index contributed by atoms with van der Waals surface area (Å²) in [5, 5.41) is 1.14. The van der Waals surface area contributed by atoms with E-state index in [-0.39, 0.29) is 5.82 Å². The SMILES string of the molecule is Cc1cc(Cc2cnc3ccccc3c2)cnc1-c1cccc(F)c1. The molecule has 0 aliphatic rings. The molecule has 4 aromatic rings. The van der Waals surface area contributed by atoms with Crippen LogP contribution in [0.1, 0.15) is 16.7 Å². The number of rotatable bonds is 3. The van der Waals surface area contributed by atoms with Crippen LogP contribution in [0, 0.1) is 12.7 Å². The molecule has 0 unspecified atom stereocenters. The normalized spacial score (nSPS) is 11.0. The molecule has 122 valence electrons. The van der Waals surface area contributed by atoms with Gasteiger partial charge in [-0.15, -0.1) is 0 Å². The molecule has 0 saturated carbocycles. The van der Waals surface area contributed by atoms with Gasteiger partial charge in [0.25, 0.3) is 0 Å². The summed E-state index contributed by atoms with van der Waals surface area (Å²) in [6.45, 7) is 2.01. The topological polar surface area (TPSA) is 25.8 Å². The summed E-state index contributed by atoms with van der Waals surface area (Å²) in [4.78, 5) is 9.07. The van der Waals surface area contributed by atoms with E-state index in [1.54, 1.807) is 6.07 Å². The van der Waals surface area contributed by atoms with Gasteiger partial charge in [0.2, 0.25) is 0 Å². The zero-order valence-electron chi connectivity index (χ0n) is 13.9. The number of benzene rings is 2. The predicted octanol–water partition coefficient (Wildman–Crippen LogP) is 5.34. The van der Waals surface area contributed by atoms with Crippen molar-refractivity contribution in [2.24, 2.45) is 0 Å². The molecule has 2 nitrogen and oxygen atoms in total. The molecule has 2 heterocycles. The Hall–Kier alpha value is -3.07. The van der Waals surface area contributed by atoms with E-state index in [0.717, 1.165) is 45.3 Å². The summed E-state index contributed by atoms with van der Waals surface area (Å²) in [6, 6.07) is 18.9. The lowest BCUT2D eigenvalue weighted by atomic mass is 10.0. The monoisotopic (exact) mass is 328 g/mol. The van der Waals surface area contributed by atoms with Crippen LogP contribution in [0.2, 0.25) is 0 Å². The first-order valence-corrected chi connectivity index (χ1v) is 8.24. The predicted molar refractivity (Wildman–Crippen MR) is 98.9 cm³/mol. The Morgan fingerprint density at radius 1 is 0.840 bits per heavy atom. The Morgan fingerprint density at radius 2 is 1.64 bits per heavy atom. The van der Waals surface area contributed by atoms with Crippen LogP contribution in [0.15, 0.2) is 73.1 Å². The molecule has 25 heavy (non-hydrogen) atoms. The van der Waals surface area contributed by atoms with Gasteiger partial charge in [-0.3, -0.25) is 9.97 Å². The molecular weight excluding hydrogens is 311 g/mol. The molecule has 0 spiro atoms. The molecule has 0 fully saturated rings. The quantitative estimate of drug-likeness (QED) is 0.507. The number of halogens is 1. The summed E-state index contributed by atoms with van der Waals surface area (Å²) < 4.78 is 13.4. The van der Waals surface area contributed by atoms with Crippen LogP contribution in [-0.2, 0) is 6.42 Å². The van der Waals surface area contributed by atoms with Crippen molar-refractivity contribution >= 4 is 10.9 Å². The van der Waals surface area contributed by atoms with Crippen LogP contribution in [0.3, 0.4) is 0 Å². The molecule has 0 saturated heterocycles. The van der Waals surface area contributed by atoms with E-state index in [1.165, 1.54) is 12.1 Å². The Labute approximate surface area is 146 Å². The van der Waals surface area contributed by atoms with E-state index in [2.05, 4.69) is 28.2 Å². The molecule has 3 heteroatoms. The number of aryl methyl sites for hydroxylation is 1. The molecule has 0 atom stereocenters. The summed E-state index contributed by atoms with van der Waals surface area (Å²) >= 11 is 0. The smallest absolute Gasteiger partial charge is 0.123 e. The third-order valence-corrected chi connectivity index (χ3v) is 4.29. The van der Waals surface area contributed by atoms with Crippen molar-refractivity contribution in [1.29, 1.82) is 0 Å². The third kappa shape index (κ3) is 3.26. The first kappa shape index (κ1) is 15.5. The second kappa shape index (κ2) is 6.44. The molecule has 0 amide bonds. The molecule has 2 aromatic carbocycles. The fraction of sp³-hybridized carbons (Fsp3) is 0.0909. The number of hydrogen-bond donors (Lipinski definition) is 0. The Morgan fingerprint density at radius 3 is 2.48 bits per heavy atom. The highest BCUT2D eigenvalue weighted by Gasteiger charge is 2.07. The van der Waals surface area contributed by atoms with Gasteiger partial charge in [0.1, 0.15) is 5.82 Å². The van der Waals surface area contributed by atoms with E-state index in [4.69, 9.17) is 0 Å². The summed E-state index contributed by atoms with van der Waals surface area (Å²) in [6.07, 6.45) is 4.55. The Balaban J connectivity index is 1.63. The lowest BCUT2D eigenvalue weighted by molar-refractivity contribution is 0.628. The second-order valence-electron chi connectivity index (χ2n) is 6.23.